The number of hydrogen-bond acceptors (Lipinski definition) is 2. The van der Waals surface area contributed by atoms with Crippen molar-refractivity contribution in [1.82, 2.24) is 4.90 Å². The Kier molecular flexibility index (Phi) is 5.01. The molecule has 0 aliphatic heterocycles. The third kappa shape index (κ3) is 3.58. The van der Waals surface area contributed by atoms with E-state index in [0.717, 1.165) is 23.7 Å². The number of ether oxygens (including phenoxy) is 1. The molecule has 4 heteroatoms. The normalized spacial score (nSPS) is 16.5. The number of likely N-dealkylation sites (N-methyl/N-ethyl adjacent to an activating group) is 1. The first-order chi connectivity index (χ1) is 11.2. The zero-order valence-corrected chi connectivity index (χ0v) is 14.8. The predicted octanol–water partition coefficient (Wildman–Crippen LogP) is 4.36. The minimum absolute atomic E-state index is 0.00227. The first kappa shape index (κ1) is 16.1. The number of hydrogen-bond donors (Lipinski definition) is 0. The molecular weight excluding hydrogens is 354 g/mol. The zero-order chi connectivity index (χ0) is 16.2. The van der Waals surface area contributed by atoms with Gasteiger partial charge in [-0.3, -0.25) is 4.79 Å². The SMILES string of the molecule is CN(C(=O)COc1ccccc1Br)[C@@H]1CCCc2ccccc21. The Morgan fingerprint density at radius 1 is 1.22 bits per heavy atom. The maximum atomic E-state index is 12.5. The number of amides is 1. The molecule has 0 unspecified atom stereocenters. The maximum Gasteiger partial charge on any atom is 0.260 e. The van der Waals surface area contributed by atoms with Crippen LogP contribution in [0.25, 0.3) is 0 Å². The van der Waals surface area contributed by atoms with Gasteiger partial charge in [0.1, 0.15) is 5.75 Å². The summed E-state index contributed by atoms with van der Waals surface area (Å²) in [6.45, 7) is 0.0534. The Hall–Kier alpha value is -1.81. The number of carbonyl (C=O) groups is 1. The summed E-state index contributed by atoms with van der Waals surface area (Å²) in [7, 11) is 1.87. The van der Waals surface area contributed by atoms with Crippen LogP contribution in [-0.4, -0.2) is 24.5 Å². The van der Waals surface area contributed by atoms with Crippen molar-refractivity contribution in [2.24, 2.45) is 0 Å². The average molecular weight is 374 g/mol. The van der Waals surface area contributed by atoms with Crippen LogP contribution in [0.2, 0.25) is 0 Å². The molecule has 1 aliphatic carbocycles. The Bertz CT molecular complexity index is 701. The summed E-state index contributed by atoms with van der Waals surface area (Å²) in [6, 6.07) is 16.1. The molecule has 0 fully saturated rings. The molecule has 0 radical (unpaired) electrons. The quantitative estimate of drug-likeness (QED) is 0.796. The van der Waals surface area contributed by atoms with E-state index in [9.17, 15) is 4.79 Å². The highest BCUT2D eigenvalue weighted by atomic mass is 79.9. The fourth-order valence-electron chi connectivity index (χ4n) is 3.11. The lowest BCUT2D eigenvalue weighted by molar-refractivity contribution is -0.134. The van der Waals surface area contributed by atoms with Crippen LogP contribution in [-0.2, 0) is 11.2 Å². The van der Waals surface area contributed by atoms with Crippen LogP contribution in [0.3, 0.4) is 0 Å². The lowest BCUT2D eigenvalue weighted by Crippen LogP contribution is -2.36. The van der Waals surface area contributed by atoms with Gasteiger partial charge in [-0.1, -0.05) is 36.4 Å². The van der Waals surface area contributed by atoms with E-state index in [1.54, 1.807) is 0 Å². The molecule has 0 spiro atoms. The van der Waals surface area contributed by atoms with Gasteiger partial charge in [-0.25, -0.2) is 0 Å². The number of halogens is 1. The van der Waals surface area contributed by atoms with Crippen molar-refractivity contribution < 1.29 is 9.53 Å². The van der Waals surface area contributed by atoms with E-state index in [2.05, 4.69) is 34.1 Å². The van der Waals surface area contributed by atoms with Gasteiger partial charge < -0.3 is 9.64 Å². The summed E-state index contributed by atoms with van der Waals surface area (Å²) in [6.07, 6.45) is 3.22. The molecule has 3 nitrogen and oxygen atoms in total. The van der Waals surface area contributed by atoms with Crippen molar-refractivity contribution in [3.8, 4) is 5.75 Å². The van der Waals surface area contributed by atoms with Crippen LogP contribution in [0.5, 0.6) is 5.75 Å². The van der Waals surface area contributed by atoms with Crippen LogP contribution in [0.15, 0.2) is 53.0 Å². The van der Waals surface area contributed by atoms with Crippen LogP contribution in [0, 0.1) is 0 Å². The monoisotopic (exact) mass is 373 g/mol. The molecule has 1 atom stereocenters. The van der Waals surface area contributed by atoms with Crippen LogP contribution in [0.4, 0.5) is 0 Å². The van der Waals surface area contributed by atoms with Gasteiger partial charge in [-0.05, 0) is 58.5 Å². The summed E-state index contributed by atoms with van der Waals surface area (Å²) in [5.74, 6) is 0.695. The molecule has 0 bridgehead atoms. The Labute approximate surface area is 145 Å². The number of carbonyl (C=O) groups excluding carboxylic acids is 1. The second kappa shape index (κ2) is 7.18. The lowest BCUT2D eigenvalue weighted by atomic mass is 9.87. The van der Waals surface area contributed by atoms with Gasteiger partial charge in [0.15, 0.2) is 6.61 Å². The number of fused-ring (bicyclic) bond motifs is 1. The molecule has 2 aromatic rings. The maximum absolute atomic E-state index is 12.5. The molecule has 23 heavy (non-hydrogen) atoms. The summed E-state index contributed by atoms with van der Waals surface area (Å²) in [5.41, 5.74) is 2.63. The van der Waals surface area contributed by atoms with Crippen molar-refractivity contribution in [2.75, 3.05) is 13.7 Å². The fraction of sp³-hybridized carbons (Fsp3) is 0.316. The smallest absolute Gasteiger partial charge is 0.260 e. The van der Waals surface area contributed by atoms with Crippen molar-refractivity contribution >= 4 is 21.8 Å². The van der Waals surface area contributed by atoms with E-state index < -0.39 is 0 Å². The second-order valence-electron chi connectivity index (χ2n) is 5.83. The highest BCUT2D eigenvalue weighted by molar-refractivity contribution is 9.10. The average Bonchev–Trinajstić information content (AvgIpc) is 2.59. The van der Waals surface area contributed by atoms with Crippen LogP contribution in [0.1, 0.15) is 30.0 Å². The number of aryl methyl sites for hydroxylation is 1. The Morgan fingerprint density at radius 3 is 2.78 bits per heavy atom. The fourth-order valence-corrected chi connectivity index (χ4v) is 3.51. The van der Waals surface area contributed by atoms with Gasteiger partial charge in [0, 0.05) is 7.05 Å². The molecule has 1 amide bonds. The molecular formula is C19H20BrNO2. The van der Waals surface area contributed by atoms with Gasteiger partial charge in [-0.2, -0.15) is 0 Å². The highest BCUT2D eigenvalue weighted by Gasteiger charge is 2.26. The largest absolute Gasteiger partial charge is 0.483 e. The standard InChI is InChI=1S/C19H20BrNO2/c1-21(17-11-6-8-14-7-2-3-9-15(14)17)19(22)13-23-18-12-5-4-10-16(18)20/h2-5,7,9-10,12,17H,6,8,11,13H2,1H3/t17-/m1/s1. The topological polar surface area (TPSA) is 29.5 Å². The van der Waals surface area contributed by atoms with Gasteiger partial charge in [0.2, 0.25) is 0 Å². The predicted molar refractivity (Wildman–Crippen MR) is 94.5 cm³/mol. The van der Waals surface area contributed by atoms with Crippen molar-refractivity contribution in [1.29, 1.82) is 0 Å². The summed E-state index contributed by atoms with van der Waals surface area (Å²) >= 11 is 3.43. The Balaban J connectivity index is 1.68. The van der Waals surface area contributed by atoms with Gasteiger partial charge in [-0.15, -0.1) is 0 Å². The molecule has 120 valence electrons. The number of para-hydroxylation sites is 1. The zero-order valence-electron chi connectivity index (χ0n) is 13.2. The van der Waals surface area contributed by atoms with Crippen molar-refractivity contribution in [3.05, 3.63) is 64.1 Å². The molecule has 2 aromatic carbocycles. The number of nitrogens with zero attached hydrogens (tertiary/aromatic N) is 1. The second-order valence-corrected chi connectivity index (χ2v) is 6.68. The van der Waals surface area contributed by atoms with E-state index in [1.807, 2.05) is 42.3 Å². The highest BCUT2D eigenvalue weighted by Crippen LogP contribution is 2.33. The van der Waals surface area contributed by atoms with Gasteiger partial charge in [0.25, 0.3) is 5.91 Å². The van der Waals surface area contributed by atoms with E-state index >= 15 is 0 Å². The summed E-state index contributed by atoms with van der Waals surface area (Å²) in [5, 5.41) is 0. The Morgan fingerprint density at radius 2 is 1.96 bits per heavy atom. The van der Waals surface area contributed by atoms with E-state index in [-0.39, 0.29) is 18.6 Å². The molecule has 0 saturated heterocycles. The molecule has 0 heterocycles. The first-order valence-corrected chi connectivity index (χ1v) is 8.67. The third-order valence-corrected chi connectivity index (χ3v) is 5.04. The van der Waals surface area contributed by atoms with Gasteiger partial charge in [0.05, 0.1) is 10.5 Å². The van der Waals surface area contributed by atoms with Gasteiger partial charge >= 0.3 is 0 Å². The number of rotatable bonds is 4. The molecule has 0 N–H and O–H groups in total. The molecule has 0 aromatic heterocycles. The molecule has 0 saturated carbocycles. The van der Waals surface area contributed by atoms with E-state index in [1.165, 1.54) is 11.1 Å². The summed E-state index contributed by atoms with van der Waals surface area (Å²) in [4.78, 5) is 14.4. The third-order valence-electron chi connectivity index (χ3n) is 4.39. The minimum Gasteiger partial charge on any atom is -0.483 e. The number of benzene rings is 2. The molecule has 3 rings (SSSR count). The first-order valence-electron chi connectivity index (χ1n) is 7.87. The summed E-state index contributed by atoms with van der Waals surface area (Å²) < 4.78 is 6.52. The van der Waals surface area contributed by atoms with Crippen LogP contribution < -0.4 is 4.74 Å². The van der Waals surface area contributed by atoms with E-state index in [0.29, 0.717) is 5.75 Å². The van der Waals surface area contributed by atoms with Crippen molar-refractivity contribution in [2.45, 2.75) is 25.3 Å². The van der Waals surface area contributed by atoms with Crippen molar-refractivity contribution in [3.63, 3.8) is 0 Å². The lowest BCUT2D eigenvalue weighted by Gasteiger charge is -2.33. The van der Waals surface area contributed by atoms with E-state index in [4.69, 9.17) is 4.74 Å². The van der Waals surface area contributed by atoms with Crippen LogP contribution >= 0.6 is 15.9 Å². The molecule has 1 aliphatic rings. The minimum atomic E-state index is 0.00227.